The summed E-state index contributed by atoms with van der Waals surface area (Å²) >= 11 is 0. The van der Waals surface area contributed by atoms with Crippen LogP contribution in [0.1, 0.15) is 22.8 Å². The Morgan fingerprint density at radius 2 is 2.08 bits per heavy atom. The molecule has 0 aromatic heterocycles. The summed E-state index contributed by atoms with van der Waals surface area (Å²) in [6.07, 6.45) is 0. The van der Waals surface area contributed by atoms with Crippen molar-refractivity contribution >= 4 is 5.91 Å². The predicted octanol–water partition coefficient (Wildman–Crippen LogP) is 1.76. The van der Waals surface area contributed by atoms with Crippen molar-refractivity contribution in [3.8, 4) is 0 Å². The van der Waals surface area contributed by atoms with Crippen LogP contribution in [0.25, 0.3) is 0 Å². The smallest absolute Gasteiger partial charge is 0.253 e. The first kappa shape index (κ1) is 17.3. The molecule has 132 valence electrons. The lowest BCUT2D eigenvalue weighted by Gasteiger charge is -2.34. The largest absolute Gasteiger partial charge is 0.380 e. The fourth-order valence-electron chi connectivity index (χ4n) is 3.66. The molecule has 0 radical (unpaired) electrons. The molecule has 2 aliphatic rings. The number of nitrogens with zero attached hydrogens (tertiary/aromatic N) is 2. The molecule has 2 saturated heterocycles. The van der Waals surface area contributed by atoms with Crippen LogP contribution in [0, 0.1) is 11.7 Å². The second-order valence-corrected chi connectivity index (χ2v) is 6.64. The van der Waals surface area contributed by atoms with Crippen molar-refractivity contribution in [1.29, 1.82) is 0 Å². The zero-order valence-electron chi connectivity index (χ0n) is 14.3. The van der Waals surface area contributed by atoms with Crippen LogP contribution in [0.15, 0.2) is 18.2 Å². The molecule has 0 N–H and O–H groups in total. The third kappa shape index (κ3) is 3.61. The number of likely N-dealkylation sites (tertiary alicyclic amines) is 1. The maximum absolute atomic E-state index is 13.7. The van der Waals surface area contributed by atoms with E-state index in [1.165, 1.54) is 13.2 Å². The minimum Gasteiger partial charge on any atom is -0.380 e. The molecule has 0 spiro atoms. The lowest BCUT2D eigenvalue weighted by atomic mass is 10.0. The number of hydrogen-bond acceptors (Lipinski definition) is 4. The summed E-state index contributed by atoms with van der Waals surface area (Å²) in [5, 5.41) is 0. The third-order valence-electron chi connectivity index (χ3n) is 4.97. The molecule has 1 aromatic carbocycles. The second kappa shape index (κ2) is 7.59. The molecule has 0 unspecified atom stereocenters. The van der Waals surface area contributed by atoms with E-state index in [1.54, 1.807) is 12.1 Å². The highest BCUT2D eigenvalue weighted by atomic mass is 19.1. The van der Waals surface area contributed by atoms with Gasteiger partial charge in [0.25, 0.3) is 5.91 Å². The Labute approximate surface area is 142 Å². The molecule has 2 atom stereocenters. The number of hydrogen-bond donors (Lipinski definition) is 0. The van der Waals surface area contributed by atoms with Gasteiger partial charge in [0.15, 0.2) is 0 Å². The van der Waals surface area contributed by atoms with Crippen molar-refractivity contribution in [2.45, 2.75) is 19.6 Å². The summed E-state index contributed by atoms with van der Waals surface area (Å²) in [6, 6.07) is 4.88. The number of ether oxygens (including phenoxy) is 2. The van der Waals surface area contributed by atoms with E-state index in [1.807, 2.05) is 4.90 Å². The SMILES string of the molecule is COCc1cc(C(=O)N2C[C@@H](C)[C@H](N3CCOCC3)C2)ccc1F. The normalized spacial score (nSPS) is 25.2. The van der Waals surface area contributed by atoms with Crippen LogP contribution in [0.5, 0.6) is 0 Å². The minimum absolute atomic E-state index is 0.0324. The van der Waals surface area contributed by atoms with E-state index < -0.39 is 0 Å². The summed E-state index contributed by atoms with van der Waals surface area (Å²) in [4.78, 5) is 17.1. The van der Waals surface area contributed by atoms with E-state index in [0.29, 0.717) is 23.1 Å². The Bertz CT molecular complexity index is 590. The van der Waals surface area contributed by atoms with Gasteiger partial charge >= 0.3 is 0 Å². The van der Waals surface area contributed by atoms with Gasteiger partial charge in [-0.15, -0.1) is 0 Å². The van der Waals surface area contributed by atoms with Gasteiger partial charge in [0.2, 0.25) is 0 Å². The Kier molecular flexibility index (Phi) is 5.48. The van der Waals surface area contributed by atoms with E-state index in [-0.39, 0.29) is 18.3 Å². The first-order chi connectivity index (χ1) is 11.6. The molecule has 2 aliphatic heterocycles. The summed E-state index contributed by atoms with van der Waals surface area (Å²) in [5.74, 6) is 0.0512. The van der Waals surface area contributed by atoms with Crippen molar-refractivity contribution in [3.63, 3.8) is 0 Å². The Morgan fingerprint density at radius 3 is 2.79 bits per heavy atom. The van der Waals surface area contributed by atoms with E-state index in [9.17, 15) is 9.18 Å². The summed E-state index contributed by atoms with van der Waals surface area (Å²) < 4.78 is 24.2. The molecule has 24 heavy (non-hydrogen) atoms. The fourth-order valence-corrected chi connectivity index (χ4v) is 3.66. The van der Waals surface area contributed by atoms with Crippen LogP contribution in [0.2, 0.25) is 0 Å². The van der Waals surface area contributed by atoms with Gasteiger partial charge in [0, 0.05) is 50.5 Å². The van der Waals surface area contributed by atoms with E-state index >= 15 is 0 Å². The molecular weight excluding hydrogens is 311 g/mol. The summed E-state index contributed by atoms with van der Waals surface area (Å²) in [7, 11) is 1.52. The highest BCUT2D eigenvalue weighted by molar-refractivity contribution is 5.94. The predicted molar refractivity (Wildman–Crippen MR) is 88.4 cm³/mol. The van der Waals surface area contributed by atoms with Crippen molar-refractivity contribution in [3.05, 3.63) is 35.1 Å². The van der Waals surface area contributed by atoms with E-state index in [4.69, 9.17) is 9.47 Å². The lowest BCUT2D eigenvalue weighted by molar-refractivity contribution is 0.0119. The van der Waals surface area contributed by atoms with Crippen LogP contribution in [0.4, 0.5) is 4.39 Å². The highest BCUT2D eigenvalue weighted by Gasteiger charge is 2.36. The highest BCUT2D eigenvalue weighted by Crippen LogP contribution is 2.25. The van der Waals surface area contributed by atoms with Crippen molar-refractivity contribution in [2.24, 2.45) is 5.92 Å². The Hall–Kier alpha value is -1.50. The zero-order valence-corrected chi connectivity index (χ0v) is 14.3. The molecule has 0 bridgehead atoms. The first-order valence-electron chi connectivity index (χ1n) is 8.48. The molecular formula is C18H25FN2O3. The van der Waals surface area contributed by atoms with Gasteiger partial charge in [0.1, 0.15) is 5.82 Å². The molecule has 2 heterocycles. The molecule has 0 saturated carbocycles. The quantitative estimate of drug-likeness (QED) is 0.840. The Balaban J connectivity index is 1.70. The lowest BCUT2D eigenvalue weighted by Crippen LogP contribution is -2.47. The number of amides is 1. The van der Waals surface area contributed by atoms with E-state index in [0.717, 1.165) is 39.4 Å². The van der Waals surface area contributed by atoms with Crippen molar-refractivity contribution in [2.75, 3.05) is 46.5 Å². The number of carbonyl (C=O) groups is 1. The minimum atomic E-state index is -0.339. The third-order valence-corrected chi connectivity index (χ3v) is 4.97. The number of methoxy groups -OCH3 is 1. The van der Waals surface area contributed by atoms with Crippen LogP contribution < -0.4 is 0 Å². The van der Waals surface area contributed by atoms with Crippen molar-refractivity contribution in [1.82, 2.24) is 9.80 Å². The van der Waals surface area contributed by atoms with Gasteiger partial charge < -0.3 is 14.4 Å². The number of benzene rings is 1. The van der Waals surface area contributed by atoms with Gasteiger partial charge in [-0.05, 0) is 24.1 Å². The number of carbonyl (C=O) groups excluding carboxylic acids is 1. The summed E-state index contributed by atoms with van der Waals surface area (Å²) in [6.45, 7) is 7.17. The van der Waals surface area contributed by atoms with Gasteiger partial charge in [0.05, 0.1) is 19.8 Å². The average Bonchev–Trinajstić information content (AvgIpc) is 2.99. The zero-order chi connectivity index (χ0) is 17.1. The molecule has 0 aliphatic carbocycles. The molecule has 5 nitrogen and oxygen atoms in total. The number of rotatable bonds is 4. The van der Waals surface area contributed by atoms with Crippen LogP contribution in [0.3, 0.4) is 0 Å². The van der Waals surface area contributed by atoms with Gasteiger partial charge in [-0.1, -0.05) is 6.92 Å². The van der Waals surface area contributed by atoms with Gasteiger partial charge in [-0.3, -0.25) is 9.69 Å². The molecule has 2 fully saturated rings. The van der Waals surface area contributed by atoms with Crippen LogP contribution >= 0.6 is 0 Å². The Morgan fingerprint density at radius 1 is 1.33 bits per heavy atom. The fraction of sp³-hybridized carbons (Fsp3) is 0.611. The maximum Gasteiger partial charge on any atom is 0.253 e. The number of halogens is 1. The second-order valence-electron chi connectivity index (χ2n) is 6.64. The standard InChI is InChI=1S/C18H25FN2O3/c1-13-10-21(11-17(13)20-5-7-24-8-6-20)18(22)14-3-4-16(19)15(9-14)12-23-2/h3-4,9,13,17H,5-8,10-12H2,1-2H3/t13-,17-/m1/s1. The topological polar surface area (TPSA) is 42.0 Å². The maximum atomic E-state index is 13.7. The van der Waals surface area contributed by atoms with Crippen LogP contribution in [-0.4, -0.2) is 68.3 Å². The summed E-state index contributed by atoms with van der Waals surface area (Å²) in [5.41, 5.74) is 0.943. The van der Waals surface area contributed by atoms with E-state index in [2.05, 4.69) is 11.8 Å². The molecule has 1 aromatic rings. The van der Waals surface area contributed by atoms with Gasteiger partial charge in [-0.25, -0.2) is 4.39 Å². The molecule has 6 heteroatoms. The first-order valence-corrected chi connectivity index (χ1v) is 8.48. The number of morpholine rings is 1. The monoisotopic (exact) mass is 336 g/mol. The average molecular weight is 336 g/mol. The molecule has 3 rings (SSSR count). The molecule has 1 amide bonds. The van der Waals surface area contributed by atoms with Crippen molar-refractivity contribution < 1.29 is 18.7 Å². The van der Waals surface area contributed by atoms with Gasteiger partial charge in [-0.2, -0.15) is 0 Å². The van der Waals surface area contributed by atoms with Crippen LogP contribution in [-0.2, 0) is 16.1 Å².